The number of carbonyl (C=O) groups excluding carboxylic acids is 1. The fourth-order valence-electron chi connectivity index (χ4n) is 3.60. The van der Waals surface area contributed by atoms with E-state index in [2.05, 4.69) is 10.2 Å². The van der Waals surface area contributed by atoms with E-state index in [1.165, 1.54) is 23.9 Å². The van der Waals surface area contributed by atoms with E-state index in [4.69, 9.17) is 14.7 Å². The Labute approximate surface area is 191 Å². The first-order chi connectivity index (χ1) is 15.5. The minimum absolute atomic E-state index is 0.0933. The van der Waals surface area contributed by atoms with Crippen LogP contribution in [0.15, 0.2) is 53.6 Å². The highest BCUT2D eigenvalue weighted by Crippen LogP contribution is 2.29. The lowest BCUT2D eigenvalue weighted by Crippen LogP contribution is -2.36. The maximum Gasteiger partial charge on any atom is 0.233 e. The molecule has 2 atom stereocenters. The number of hydrogen-bond acceptors (Lipinski definition) is 6. The molecule has 0 unspecified atom stereocenters. The number of thioether (sulfide) groups is 1. The Bertz CT molecular complexity index is 1070. The number of nitrogens with one attached hydrogen (secondary N) is 1. The van der Waals surface area contributed by atoms with Crippen LogP contribution in [0.3, 0.4) is 0 Å². The van der Waals surface area contributed by atoms with Crippen LogP contribution in [-0.4, -0.2) is 52.3 Å². The molecule has 4 rings (SSSR count). The normalized spacial score (nSPS) is 16.6. The van der Waals surface area contributed by atoms with Gasteiger partial charge in [-0.05, 0) is 37.6 Å². The number of amides is 1. The van der Waals surface area contributed by atoms with Gasteiger partial charge in [0.05, 0.1) is 36.6 Å². The predicted molar refractivity (Wildman–Crippen MR) is 124 cm³/mol. The van der Waals surface area contributed by atoms with Crippen molar-refractivity contribution in [2.45, 2.75) is 36.7 Å². The number of rotatable bonds is 7. The smallest absolute Gasteiger partial charge is 0.233 e. The molecule has 0 bridgehead atoms. The molecule has 1 N–H and O–H groups in total. The minimum Gasteiger partial charge on any atom is -0.379 e. The molecular weight excluding hydrogens is 427 g/mol. The van der Waals surface area contributed by atoms with Crippen molar-refractivity contribution < 1.29 is 13.9 Å². The second-order valence-electron chi connectivity index (χ2n) is 7.89. The molecule has 168 valence electrons. The maximum absolute atomic E-state index is 13.2. The lowest BCUT2D eigenvalue weighted by molar-refractivity contribution is -0.120. The zero-order chi connectivity index (χ0) is 22.5. The number of fused-ring (bicyclic) bond motifs is 1. The fourth-order valence-corrected chi connectivity index (χ4v) is 4.57. The average Bonchev–Trinajstić information content (AvgIpc) is 2.80. The summed E-state index contributed by atoms with van der Waals surface area (Å²) in [4.78, 5) is 24.7. The Balaban J connectivity index is 1.49. The van der Waals surface area contributed by atoms with Crippen molar-refractivity contribution in [2.24, 2.45) is 0 Å². The lowest BCUT2D eigenvalue weighted by atomic mass is 10.1. The van der Waals surface area contributed by atoms with E-state index in [0.717, 1.165) is 53.6 Å². The summed E-state index contributed by atoms with van der Waals surface area (Å²) < 4.78 is 18.6. The van der Waals surface area contributed by atoms with Gasteiger partial charge in [-0.3, -0.25) is 9.69 Å². The Morgan fingerprint density at radius 1 is 1.12 bits per heavy atom. The number of halogens is 1. The topological polar surface area (TPSA) is 67.3 Å². The first-order valence-corrected chi connectivity index (χ1v) is 11.7. The van der Waals surface area contributed by atoms with Crippen molar-refractivity contribution in [1.29, 1.82) is 0 Å². The molecule has 0 spiro atoms. The van der Waals surface area contributed by atoms with Crippen LogP contribution in [-0.2, 0) is 16.1 Å². The molecule has 0 aliphatic carbocycles. The van der Waals surface area contributed by atoms with Crippen molar-refractivity contribution >= 4 is 28.6 Å². The van der Waals surface area contributed by atoms with E-state index < -0.39 is 0 Å². The van der Waals surface area contributed by atoms with Gasteiger partial charge in [0.15, 0.2) is 0 Å². The summed E-state index contributed by atoms with van der Waals surface area (Å²) in [5.41, 5.74) is 1.73. The Kier molecular flexibility index (Phi) is 7.34. The number of nitrogens with zero attached hydrogens (tertiary/aromatic N) is 3. The fraction of sp³-hybridized carbons (Fsp3) is 0.375. The van der Waals surface area contributed by atoms with Gasteiger partial charge in [-0.25, -0.2) is 14.4 Å². The molecule has 1 saturated heterocycles. The van der Waals surface area contributed by atoms with Crippen molar-refractivity contribution in [2.75, 3.05) is 26.3 Å². The van der Waals surface area contributed by atoms with Crippen molar-refractivity contribution in [1.82, 2.24) is 20.2 Å². The number of morpholine rings is 1. The Hall–Kier alpha value is -2.55. The van der Waals surface area contributed by atoms with Crippen LogP contribution >= 0.6 is 11.8 Å². The number of aromatic nitrogens is 2. The van der Waals surface area contributed by atoms with Crippen molar-refractivity contribution in [3.63, 3.8) is 0 Å². The quantitative estimate of drug-likeness (QED) is 0.431. The minimum atomic E-state index is -0.354. The molecule has 0 saturated carbocycles. The molecule has 8 heteroatoms. The van der Waals surface area contributed by atoms with E-state index in [1.54, 1.807) is 12.1 Å². The molecule has 2 heterocycles. The average molecular weight is 455 g/mol. The van der Waals surface area contributed by atoms with Crippen LogP contribution < -0.4 is 5.32 Å². The van der Waals surface area contributed by atoms with Crippen LogP contribution in [0.1, 0.15) is 31.3 Å². The Morgan fingerprint density at radius 3 is 2.59 bits per heavy atom. The molecule has 2 aromatic carbocycles. The SMILES string of the molecule is C[C@H](Sc1nc(CN2CCOCC2)nc2ccccc12)C(=O)N[C@H](C)c1ccc(F)cc1. The third-order valence-electron chi connectivity index (χ3n) is 5.47. The highest BCUT2D eigenvalue weighted by molar-refractivity contribution is 8.00. The second-order valence-corrected chi connectivity index (χ2v) is 9.22. The van der Waals surface area contributed by atoms with Crippen molar-refractivity contribution in [3.8, 4) is 0 Å². The van der Waals surface area contributed by atoms with Crippen LogP contribution in [0.25, 0.3) is 10.9 Å². The van der Waals surface area contributed by atoms with Gasteiger partial charge in [-0.2, -0.15) is 0 Å². The van der Waals surface area contributed by atoms with E-state index in [0.29, 0.717) is 6.54 Å². The van der Waals surface area contributed by atoms with E-state index >= 15 is 0 Å². The summed E-state index contributed by atoms with van der Waals surface area (Å²) >= 11 is 1.43. The number of hydrogen-bond donors (Lipinski definition) is 1. The van der Waals surface area contributed by atoms with Gasteiger partial charge in [0.2, 0.25) is 5.91 Å². The monoisotopic (exact) mass is 454 g/mol. The number of ether oxygens (including phenoxy) is 1. The first kappa shape index (κ1) is 22.6. The molecule has 1 aliphatic rings. The Morgan fingerprint density at radius 2 is 1.84 bits per heavy atom. The summed E-state index contributed by atoms with van der Waals surface area (Å²) in [6.45, 7) is 7.58. The third-order valence-corrected chi connectivity index (χ3v) is 6.57. The largest absolute Gasteiger partial charge is 0.379 e. The number of para-hydroxylation sites is 1. The van der Waals surface area contributed by atoms with Crippen LogP contribution in [0.5, 0.6) is 0 Å². The molecule has 3 aromatic rings. The van der Waals surface area contributed by atoms with E-state index in [1.807, 2.05) is 38.1 Å². The summed E-state index contributed by atoms with van der Waals surface area (Å²) in [5.74, 6) is 0.365. The molecule has 32 heavy (non-hydrogen) atoms. The summed E-state index contributed by atoms with van der Waals surface area (Å²) in [6.07, 6.45) is 0. The van der Waals surface area contributed by atoms with Gasteiger partial charge in [-0.1, -0.05) is 42.1 Å². The van der Waals surface area contributed by atoms with Crippen LogP contribution in [0.2, 0.25) is 0 Å². The predicted octanol–water partition coefficient (Wildman–Crippen LogP) is 3.96. The van der Waals surface area contributed by atoms with E-state index in [9.17, 15) is 9.18 Å². The van der Waals surface area contributed by atoms with Crippen molar-refractivity contribution in [3.05, 3.63) is 65.7 Å². The summed E-state index contributed by atoms with van der Waals surface area (Å²) in [7, 11) is 0. The van der Waals surface area contributed by atoms with Gasteiger partial charge in [0.25, 0.3) is 0 Å². The summed E-state index contributed by atoms with van der Waals surface area (Å²) in [5, 5.41) is 4.40. The molecular formula is C24H27FN4O2S. The van der Waals surface area contributed by atoms with E-state index in [-0.39, 0.29) is 23.0 Å². The molecule has 1 aliphatic heterocycles. The zero-order valence-electron chi connectivity index (χ0n) is 18.3. The number of carbonyl (C=O) groups is 1. The van der Waals surface area contributed by atoms with Gasteiger partial charge in [0.1, 0.15) is 16.7 Å². The molecule has 0 radical (unpaired) electrons. The second kappa shape index (κ2) is 10.4. The summed E-state index contributed by atoms with van der Waals surface area (Å²) in [6, 6.07) is 13.8. The van der Waals surface area contributed by atoms with Gasteiger partial charge >= 0.3 is 0 Å². The number of benzene rings is 2. The first-order valence-electron chi connectivity index (χ1n) is 10.8. The van der Waals surface area contributed by atoms with Crippen LogP contribution in [0.4, 0.5) is 4.39 Å². The highest BCUT2D eigenvalue weighted by Gasteiger charge is 2.21. The lowest BCUT2D eigenvalue weighted by Gasteiger charge is -2.26. The van der Waals surface area contributed by atoms with Crippen LogP contribution in [0, 0.1) is 5.82 Å². The zero-order valence-corrected chi connectivity index (χ0v) is 19.1. The van der Waals surface area contributed by atoms with Gasteiger partial charge in [0, 0.05) is 18.5 Å². The van der Waals surface area contributed by atoms with Gasteiger partial charge < -0.3 is 10.1 Å². The molecule has 1 aromatic heterocycles. The molecule has 1 amide bonds. The molecule has 6 nitrogen and oxygen atoms in total. The standard InChI is InChI=1S/C24H27FN4O2S/c1-16(18-7-9-19(25)10-8-18)26-23(30)17(2)32-24-20-5-3-4-6-21(20)27-22(28-24)15-29-11-13-31-14-12-29/h3-10,16-17H,11-15H2,1-2H3,(H,26,30)/t16-,17+/m1/s1. The maximum atomic E-state index is 13.2. The van der Waals surface area contributed by atoms with Gasteiger partial charge in [-0.15, -0.1) is 0 Å². The highest BCUT2D eigenvalue weighted by atomic mass is 32.2. The molecule has 1 fully saturated rings. The third kappa shape index (κ3) is 5.62.